The summed E-state index contributed by atoms with van der Waals surface area (Å²) in [6, 6.07) is 5.08. The molecule has 0 heterocycles. The molecule has 0 aliphatic rings. The summed E-state index contributed by atoms with van der Waals surface area (Å²) in [5, 5.41) is 10.5. The lowest BCUT2D eigenvalue weighted by molar-refractivity contribution is 0.0352. The highest BCUT2D eigenvalue weighted by Crippen LogP contribution is 2.21. The summed E-state index contributed by atoms with van der Waals surface area (Å²) in [6.45, 7) is 7.43. The van der Waals surface area contributed by atoms with E-state index in [0.29, 0.717) is 23.7 Å². The third-order valence-corrected chi connectivity index (χ3v) is 3.29. The highest BCUT2D eigenvalue weighted by Gasteiger charge is 2.18. The molecule has 0 spiro atoms. The quantitative estimate of drug-likeness (QED) is 0.821. The molecule has 0 unspecified atom stereocenters. The molecule has 1 aromatic rings. The summed E-state index contributed by atoms with van der Waals surface area (Å²) < 4.78 is 4.71. The van der Waals surface area contributed by atoms with Crippen molar-refractivity contribution in [2.45, 2.75) is 32.9 Å². The van der Waals surface area contributed by atoms with E-state index in [0.717, 1.165) is 12.1 Å². The number of ether oxygens (including phenoxy) is 1. The fraction of sp³-hybridized carbons (Fsp3) is 0.533. The maximum Gasteiger partial charge on any atom is 0.337 e. The lowest BCUT2D eigenvalue weighted by atomic mass is 10.1. The SMILES string of the molecule is CCN(Cc1cc(C(=O)OC)ccc1Cl)CC(C)(C)O. The van der Waals surface area contributed by atoms with Gasteiger partial charge in [0.05, 0.1) is 18.3 Å². The number of hydrogen-bond acceptors (Lipinski definition) is 4. The number of aliphatic hydroxyl groups is 1. The molecule has 4 nitrogen and oxygen atoms in total. The Bertz CT molecular complexity index is 469. The van der Waals surface area contributed by atoms with Crippen LogP contribution in [0.2, 0.25) is 5.02 Å². The van der Waals surface area contributed by atoms with Crippen LogP contribution in [0.15, 0.2) is 18.2 Å². The van der Waals surface area contributed by atoms with Gasteiger partial charge in [-0.3, -0.25) is 4.90 Å². The summed E-state index contributed by atoms with van der Waals surface area (Å²) >= 11 is 6.18. The second-order valence-electron chi connectivity index (χ2n) is 5.41. The van der Waals surface area contributed by atoms with E-state index < -0.39 is 5.60 Å². The van der Waals surface area contributed by atoms with E-state index in [1.54, 1.807) is 32.0 Å². The summed E-state index contributed by atoms with van der Waals surface area (Å²) in [4.78, 5) is 13.6. The monoisotopic (exact) mass is 299 g/mol. The Morgan fingerprint density at radius 1 is 1.45 bits per heavy atom. The Kier molecular flexibility index (Phi) is 5.99. The molecule has 0 amide bonds. The first-order chi connectivity index (χ1) is 9.26. The van der Waals surface area contributed by atoms with Crippen molar-refractivity contribution in [2.75, 3.05) is 20.2 Å². The number of carbonyl (C=O) groups excluding carboxylic acids is 1. The average molecular weight is 300 g/mol. The molecule has 112 valence electrons. The van der Waals surface area contributed by atoms with Gasteiger partial charge in [-0.2, -0.15) is 0 Å². The second-order valence-corrected chi connectivity index (χ2v) is 5.82. The minimum Gasteiger partial charge on any atom is -0.465 e. The van der Waals surface area contributed by atoms with Gasteiger partial charge in [0.1, 0.15) is 0 Å². The van der Waals surface area contributed by atoms with E-state index >= 15 is 0 Å². The van der Waals surface area contributed by atoms with Gasteiger partial charge in [0.25, 0.3) is 0 Å². The summed E-state index contributed by atoms with van der Waals surface area (Å²) in [5.41, 5.74) is 0.550. The first-order valence-corrected chi connectivity index (χ1v) is 6.96. The summed E-state index contributed by atoms with van der Waals surface area (Å²) in [5.74, 6) is -0.381. The van der Waals surface area contributed by atoms with Crippen LogP contribution in [0, 0.1) is 0 Å². The highest BCUT2D eigenvalue weighted by atomic mass is 35.5. The Labute approximate surface area is 125 Å². The van der Waals surface area contributed by atoms with Crippen molar-refractivity contribution < 1.29 is 14.6 Å². The molecule has 5 heteroatoms. The summed E-state index contributed by atoms with van der Waals surface area (Å²) in [7, 11) is 1.35. The maximum atomic E-state index is 11.5. The highest BCUT2D eigenvalue weighted by molar-refractivity contribution is 6.31. The molecular weight excluding hydrogens is 278 g/mol. The van der Waals surface area contributed by atoms with Crippen LogP contribution in [-0.2, 0) is 11.3 Å². The molecule has 0 radical (unpaired) electrons. The van der Waals surface area contributed by atoms with E-state index in [4.69, 9.17) is 16.3 Å². The van der Waals surface area contributed by atoms with Crippen molar-refractivity contribution in [3.8, 4) is 0 Å². The van der Waals surface area contributed by atoms with E-state index in [1.807, 2.05) is 6.92 Å². The molecule has 1 aromatic carbocycles. The Morgan fingerprint density at radius 2 is 2.10 bits per heavy atom. The molecule has 0 atom stereocenters. The third kappa shape index (κ3) is 5.12. The number of hydrogen-bond donors (Lipinski definition) is 1. The van der Waals surface area contributed by atoms with Crippen LogP contribution < -0.4 is 0 Å². The zero-order valence-corrected chi connectivity index (χ0v) is 13.2. The smallest absolute Gasteiger partial charge is 0.337 e. The molecule has 0 aromatic heterocycles. The third-order valence-electron chi connectivity index (χ3n) is 2.92. The van der Waals surface area contributed by atoms with Crippen molar-refractivity contribution in [2.24, 2.45) is 0 Å². The van der Waals surface area contributed by atoms with Gasteiger partial charge in [-0.15, -0.1) is 0 Å². The number of methoxy groups -OCH3 is 1. The average Bonchev–Trinajstić information content (AvgIpc) is 2.37. The van der Waals surface area contributed by atoms with Crippen LogP contribution in [0.1, 0.15) is 36.7 Å². The minimum atomic E-state index is -0.775. The molecule has 1 rings (SSSR count). The number of esters is 1. The Morgan fingerprint density at radius 3 is 2.60 bits per heavy atom. The number of benzene rings is 1. The van der Waals surface area contributed by atoms with Crippen molar-refractivity contribution >= 4 is 17.6 Å². The van der Waals surface area contributed by atoms with E-state index in [-0.39, 0.29) is 5.97 Å². The Balaban J connectivity index is 2.92. The topological polar surface area (TPSA) is 49.8 Å². The molecule has 20 heavy (non-hydrogen) atoms. The second kappa shape index (κ2) is 7.07. The van der Waals surface area contributed by atoms with E-state index in [2.05, 4.69) is 4.90 Å². The van der Waals surface area contributed by atoms with Crippen molar-refractivity contribution in [1.29, 1.82) is 0 Å². The van der Waals surface area contributed by atoms with Crippen molar-refractivity contribution in [1.82, 2.24) is 4.90 Å². The lowest BCUT2D eigenvalue weighted by Crippen LogP contribution is -2.38. The number of halogens is 1. The lowest BCUT2D eigenvalue weighted by Gasteiger charge is -2.28. The van der Waals surface area contributed by atoms with Crippen molar-refractivity contribution in [3.63, 3.8) is 0 Å². The molecule has 0 saturated heterocycles. The van der Waals surface area contributed by atoms with Crippen LogP contribution in [0.5, 0.6) is 0 Å². The normalized spacial score (nSPS) is 11.8. The summed E-state index contributed by atoms with van der Waals surface area (Å²) in [6.07, 6.45) is 0. The molecule has 1 N–H and O–H groups in total. The predicted octanol–water partition coefficient (Wildman–Crippen LogP) is 2.72. The number of likely N-dealkylation sites (N-methyl/N-ethyl adjacent to an activating group) is 1. The van der Waals surface area contributed by atoms with Gasteiger partial charge in [-0.05, 0) is 44.2 Å². The van der Waals surface area contributed by atoms with Gasteiger partial charge in [-0.1, -0.05) is 18.5 Å². The van der Waals surface area contributed by atoms with Crippen LogP contribution in [0.3, 0.4) is 0 Å². The van der Waals surface area contributed by atoms with E-state index in [1.165, 1.54) is 7.11 Å². The molecular formula is C15H22ClNO3. The number of rotatable bonds is 6. The predicted molar refractivity (Wildman–Crippen MR) is 80.0 cm³/mol. The minimum absolute atomic E-state index is 0.381. The first kappa shape index (κ1) is 17.0. The maximum absolute atomic E-state index is 11.5. The van der Waals surface area contributed by atoms with Gasteiger partial charge < -0.3 is 9.84 Å². The fourth-order valence-corrected chi connectivity index (χ4v) is 2.19. The van der Waals surface area contributed by atoms with Gasteiger partial charge >= 0.3 is 5.97 Å². The van der Waals surface area contributed by atoms with Gasteiger partial charge in [-0.25, -0.2) is 4.79 Å². The Hall–Kier alpha value is -1.10. The first-order valence-electron chi connectivity index (χ1n) is 6.58. The number of nitrogens with zero attached hydrogens (tertiary/aromatic N) is 1. The molecule has 0 fully saturated rings. The zero-order chi connectivity index (χ0) is 15.3. The van der Waals surface area contributed by atoms with Crippen molar-refractivity contribution in [3.05, 3.63) is 34.3 Å². The largest absolute Gasteiger partial charge is 0.465 e. The van der Waals surface area contributed by atoms with Crippen LogP contribution >= 0.6 is 11.6 Å². The van der Waals surface area contributed by atoms with Crippen LogP contribution in [0.25, 0.3) is 0 Å². The van der Waals surface area contributed by atoms with Crippen LogP contribution in [-0.4, -0.2) is 41.8 Å². The van der Waals surface area contributed by atoms with Crippen LogP contribution in [0.4, 0.5) is 0 Å². The fourth-order valence-electron chi connectivity index (χ4n) is 2.01. The van der Waals surface area contributed by atoms with Gasteiger partial charge in [0.15, 0.2) is 0 Å². The van der Waals surface area contributed by atoms with Gasteiger partial charge in [0.2, 0.25) is 0 Å². The standard InChI is InChI=1S/C15H22ClNO3/c1-5-17(10-15(2,3)19)9-12-8-11(14(18)20-4)6-7-13(12)16/h6-8,19H,5,9-10H2,1-4H3. The van der Waals surface area contributed by atoms with E-state index in [9.17, 15) is 9.90 Å². The van der Waals surface area contributed by atoms with Gasteiger partial charge in [0, 0.05) is 18.1 Å². The molecule has 0 bridgehead atoms. The zero-order valence-electron chi connectivity index (χ0n) is 12.4. The molecule has 0 aliphatic carbocycles. The molecule has 0 aliphatic heterocycles. The molecule has 0 saturated carbocycles. The number of carbonyl (C=O) groups is 1.